The zero-order chi connectivity index (χ0) is 19.1. The molecular weight excluding hydrogens is 344 g/mol. The highest BCUT2D eigenvalue weighted by atomic mass is 16.5. The number of hydrogen-bond donors (Lipinski definition) is 0. The van der Waals surface area contributed by atoms with Crippen LogP contribution >= 0.6 is 0 Å². The second-order valence-electron chi connectivity index (χ2n) is 7.35. The molecule has 0 saturated heterocycles. The van der Waals surface area contributed by atoms with Crippen LogP contribution in [0, 0.1) is 0 Å². The van der Waals surface area contributed by atoms with Crippen molar-refractivity contribution in [2.75, 3.05) is 7.11 Å². The average molecular weight is 368 g/mol. The van der Waals surface area contributed by atoms with Gasteiger partial charge in [-0.3, -0.25) is 9.36 Å². The van der Waals surface area contributed by atoms with Gasteiger partial charge in [-0.2, -0.15) is 0 Å². The van der Waals surface area contributed by atoms with Crippen LogP contribution in [0.25, 0.3) is 16.9 Å². The summed E-state index contributed by atoms with van der Waals surface area (Å²) in [5.74, 6) is 0.648. The molecule has 2 heterocycles. The fourth-order valence-electron chi connectivity index (χ4n) is 3.98. The summed E-state index contributed by atoms with van der Waals surface area (Å²) >= 11 is 0. The van der Waals surface area contributed by atoms with Crippen LogP contribution in [0.4, 0.5) is 0 Å². The van der Waals surface area contributed by atoms with Gasteiger partial charge in [0.1, 0.15) is 5.75 Å². The topological polar surface area (TPSA) is 71.1 Å². The normalized spacial score (nSPS) is 15.1. The molecule has 0 aliphatic heterocycles. The number of rotatable bonds is 4. The van der Waals surface area contributed by atoms with Gasteiger partial charge in [0.05, 0.1) is 19.1 Å². The zero-order valence-corrected chi connectivity index (χ0v) is 15.9. The summed E-state index contributed by atoms with van der Waals surface area (Å²) in [5, 5.41) is 0. The van der Waals surface area contributed by atoms with Crippen LogP contribution in [0.2, 0.25) is 0 Å². The van der Waals surface area contributed by atoms with Crippen molar-refractivity contribution in [3.05, 3.63) is 51.4 Å². The summed E-state index contributed by atoms with van der Waals surface area (Å²) in [7, 11) is 1.59. The molecule has 7 nitrogen and oxygen atoms in total. The standard InChI is InChI=1S/C20H24N4O3/c1-13(2)22-12-21-18-17(22)19(25)24(14-7-4-5-8-14)20(26)23(18)15-9-6-10-16(11-15)27-3/h6,9-14H,4-5,7-8H2,1-3H3. The fraction of sp³-hybridized carbons (Fsp3) is 0.450. The largest absolute Gasteiger partial charge is 0.497 e. The van der Waals surface area contributed by atoms with Crippen LogP contribution in [0.15, 0.2) is 40.2 Å². The Morgan fingerprint density at radius 1 is 1.19 bits per heavy atom. The molecule has 27 heavy (non-hydrogen) atoms. The molecule has 142 valence electrons. The summed E-state index contributed by atoms with van der Waals surface area (Å²) < 4.78 is 10.1. The first-order valence-electron chi connectivity index (χ1n) is 9.41. The summed E-state index contributed by atoms with van der Waals surface area (Å²) in [6, 6.07) is 7.29. The van der Waals surface area contributed by atoms with Gasteiger partial charge >= 0.3 is 5.69 Å². The Balaban J connectivity index is 2.11. The number of imidazole rings is 1. The minimum atomic E-state index is -0.332. The molecule has 1 aliphatic rings. The lowest BCUT2D eigenvalue weighted by Crippen LogP contribution is -2.41. The fourth-order valence-corrected chi connectivity index (χ4v) is 3.98. The second kappa shape index (κ2) is 6.72. The van der Waals surface area contributed by atoms with E-state index in [4.69, 9.17) is 4.74 Å². The highest BCUT2D eigenvalue weighted by Gasteiger charge is 2.26. The quantitative estimate of drug-likeness (QED) is 0.710. The van der Waals surface area contributed by atoms with E-state index in [1.807, 2.05) is 36.6 Å². The molecule has 0 bridgehead atoms. The van der Waals surface area contributed by atoms with Gasteiger partial charge in [0, 0.05) is 18.2 Å². The van der Waals surface area contributed by atoms with Crippen LogP contribution in [-0.2, 0) is 0 Å². The Morgan fingerprint density at radius 2 is 1.93 bits per heavy atom. The molecule has 1 fully saturated rings. The van der Waals surface area contributed by atoms with Gasteiger partial charge in [0.15, 0.2) is 11.2 Å². The molecular formula is C20H24N4O3. The van der Waals surface area contributed by atoms with Gasteiger partial charge in [-0.05, 0) is 38.8 Å². The summed E-state index contributed by atoms with van der Waals surface area (Å²) in [4.78, 5) is 31.1. The molecule has 1 aromatic carbocycles. The van der Waals surface area contributed by atoms with E-state index in [1.165, 1.54) is 9.13 Å². The number of fused-ring (bicyclic) bond motifs is 1. The van der Waals surface area contributed by atoms with Crippen LogP contribution < -0.4 is 16.0 Å². The molecule has 0 spiro atoms. The Labute approximate surface area is 156 Å². The summed E-state index contributed by atoms with van der Waals surface area (Å²) in [6.45, 7) is 4.00. The maximum atomic E-state index is 13.4. The molecule has 0 radical (unpaired) electrons. The van der Waals surface area contributed by atoms with Crippen LogP contribution in [0.3, 0.4) is 0 Å². The van der Waals surface area contributed by atoms with Crippen molar-refractivity contribution in [3.63, 3.8) is 0 Å². The van der Waals surface area contributed by atoms with Crippen molar-refractivity contribution in [1.29, 1.82) is 0 Å². The van der Waals surface area contributed by atoms with Crippen molar-refractivity contribution in [2.24, 2.45) is 0 Å². The number of benzene rings is 1. The Morgan fingerprint density at radius 3 is 2.59 bits per heavy atom. The van der Waals surface area contributed by atoms with Gasteiger partial charge in [0.25, 0.3) is 5.56 Å². The van der Waals surface area contributed by atoms with Gasteiger partial charge < -0.3 is 9.30 Å². The first kappa shape index (κ1) is 17.6. The van der Waals surface area contributed by atoms with Crippen LogP contribution in [0.1, 0.15) is 51.6 Å². The molecule has 1 aliphatic carbocycles. The molecule has 0 unspecified atom stereocenters. The molecule has 0 atom stereocenters. The van der Waals surface area contributed by atoms with Crippen molar-refractivity contribution in [1.82, 2.24) is 18.7 Å². The maximum Gasteiger partial charge on any atom is 0.337 e. The van der Waals surface area contributed by atoms with Gasteiger partial charge in [-0.15, -0.1) is 0 Å². The summed E-state index contributed by atoms with van der Waals surface area (Å²) in [6.07, 6.45) is 5.43. The smallest absolute Gasteiger partial charge is 0.337 e. The second-order valence-corrected chi connectivity index (χ2v) is 7.35. The molecule has 0 N–H and O–H groups in total. The number of hydrogen-bond acceptors (Lipinski definition) is 4. The van der Waals surface area contributed by atoms with E-state index >= 15 is 0 Å². The first-order chi connectivity index (χ1) is 13.0. The number of ether oxygens (including phenoxy) is 1. The predicted molar refractivity (Wildman–Crippen MR) is 104 cm³/mol. The van der Waals surface area contributed by atoms with Gasteiger partial charge in [-0.1, -0.05) is 18.9 Å². The maximum absolute atomic E-state index is 13.4. The third-order valence-electron chi connectivity index (χ3n) is 5.36. The lowest BCUT2D eigenvalue weighted by atomic mass is 10.2. The van der Waals surface area contributed by atoms with E-state index < -0.39 is 0 Å². The highest BCUT2D eigenvalue weighted by molar-refractivity contribution is 5.72. The van der Waals surface area contributed by atoms with E-state index in [9.17, 15) is 9.59 Å². The SMILES string of the molecule is COc1cccc(-n2c(=O)n(C3CCCC3)c(=O)c3c2ncn3C(C)C)c1. The van der Waals surface area contributed by atoms with E-state index in [2.05, 4.69) is 4.98 Å². The number of aromatic nitrogens is 4. The molecule has 7 heteroatoms. The Hall–Kier alpha value is -2.83. The minimum absolute atomic E-state index is 0.0539. The Kier molecular flexibility index (Phi) is 4.37. The van der Waals surface area contributed by atoms with E-state index in [0.29, 0.717) is 22.6 Å². The molecule has 3 aromatic rings. The average Bonchev–Trinajstić information content (AvgIpc) is 3.32. The van der Waals surface area contributed by atoms with E-state index in [1.54, 1.807) is 19.5 Å². The first-order valence-corrected chi connectivity index (χ1v) is 9.41. The third kappa shape index (κ3) is 2.78. The van der Waals surface area contributed by atoms with Crippen molar-refractivity contribution >= 4 is 11.2 Å². The molecule has 0 amide bonds. The predicted octanol–water partition coefficient (Wildman–Crippen LogP) is 3.05. The Bertz CT molecular complexity index is 1100. The van der Waals surface area contributed by atoms with Crippen LogP contribution in [-0.4, -0.2) is 25.8 Å². The van der Waals surface area contributed by atoms with Crippen molar-refractivity contribution in [3.8, 4) is 11.4 Å². The lowest BCUT2D eigenvalue weighted by molar-refractivity contribution is 0.414. The number of methoxy groups -OCH3 is 1. The molecule has 1 saturated carbocycles. The van der Waals surface area contributed by atoms with Crippen LogP contribution in [0.5, 0.6) is 5.75 Å². The highest BCUT2D eigenvalue weighted by Crippen LogP contribution is 2.28. The monoisotopic (exact) mass is 368 g/mol. The third-order valence-corrected chi connectivity index (χ3v) is 5.36. The lowest BCUT2D eigenvalue weighted by Gasteiger charge is -2.17. The van der Waals surface area contributed by atoms with Gasteiger partial charge in [-0.25, -0.2) is 14.3 Å². The molecule has 2 aromatic heterocycles. The molecule has 4 rings (SSSR count). The van der Waals surface area contributed by atoms with E-state index in [-0.39, 0.29) is 23.3 Å². The summed E-state index contributed by atoms with van der Waals surface area (Å²) in [5.41, 5.74) is 0.930. The number of nitrogens with zero attached hydrogens (tertiary/aromatic N) is 4. The minimum Gasteiger partial charge on any atom is -0.497 e. The van der Waals surface area contributed by atoms with Gasteiger partial charge in [0.2, 0.25) is 0 Å². The van der Waals surface area contributed by atoms with E-state index in [0.717, 1.165) is 25.7 Å². The zero-order valence-electron chi connectivity index (χ0n) is 15.9. The van der Waals surface area contributed by atoms with Crippen molar-refractivity contribution < 1.29 is 4.74 Å². The van der Waals surface area contributed by atoms with Crippen molar-refractivity contribution in [2.45, 2.75) is 51.6 Å².